The van der Waals surface area contributed by atoms with Gasteiger partial charge in [-0.3, -0.25) is 9.78 Å². The van der Waals surface area contributed by atoms with Crippen molar-refractivity contribution in [3.8, 4) is 11.3 Å². The van der Waals surface area contributed by atoms with E-state index in [9.17, 15) is 9.59 Å². The molecule has 4 heteroatoms. The molecule has 0 saturated heterocycles. The second kappa shape index (κ2) is 6.62. The summed E-state index contributed by atoms with van der Waals surface area (Å²) in [5.74, 6) is -0.515. The summed E-state index contributed by atoms with van der Waals surface area (Å²) in [5.41, 5.74) is 2.04. The van der Waals surface area contributed by atoms with E-state index in [1.54, 1.807) is 31.3 Å². The van der Waals surface area contributed by atoms with Gasteiger partial charge in [-0.05, 0) is 36.8 Å². The van der Waals surface area contributed by atoms with Crippen LogP contribution in [0.15, 0.2) is 54.7 Å². The van der Waals surface area contributed by atoms with Crippen molar-refractivity contribution in [1.29, 1.82) is 0 Å². The predicted molar refractivity (Wildman–Crippen MR) is 93.1 cm³/mol. The first kappa shape index (κ1) is 15.9. The van der Waals surface area contributed by atoms with Crippen LogP contribution in [0.1, 0.15) is 34.6 Å². The van der Waals surface area contributed by atoms with Crippen molar-refractivity contribution in [2.45, 2.75) is 13.8 Å². The average molecular weight is 319 g/mol. The molecule has 0 amide bonds. The van der Waals surface area contributed by atoms with E-state index in [1.807, 2.05) is 30.3 Å². The minimum absolute atomic E-state index is 0.0729. The van der Waals surface area contributed by atoms with E-state index in [0.29, 0.717) is 22.4 Å². The molecule has 24 heavy (non-hydrogen) atoms. The second-order valence-electron chi connectivity index (χ2n) is 5.39. The number of ketones is 1. The van der Waals surface area contributed by atoms with E-state index in [2.05, 4.69) is 4.98 Å². The van der Waals surface area contributed by atoms with Gasteiger partial charge < -0.3 is 4.74 Å². The summed E-state index contributed by atoms with van der Waals surface area (Å²) < 4.78 is 5.14. The summed E-state index contributed by atoms with van der Waals surface area (Å²) in [6, 6.07) is 14.8. The fraction of sp³-hybridized carbons (Fsp3) is 0.150. The number of nitrogens with zero attached hydrogens (tertiary/aromatic N) is 1. The molecule has 3 rings (SSSR count). The van der Waals surface area contributed by atoms with Crippen LogP contribution in [0, 0.1) is 0 Å². The van der Waals surface area contributed by atoms with E-state index >= 15 is 0 Å². The van der Waals surface area contributed by atoms with Crippen LogP contribution in [-0.4, -0.2) is 23.3 Å². The van der Waals surface area contributed by atoms with Gasteiger partial charge in [-0.25, -0.2) is 4.79 Å². The molecule has 0 aliphatic rings. The molecule has 1 aromatic heterocycles. The van der Waals surface area contributed by atoms with E-state index in [-0.39, 0.29) is 12.4 Å². The maximum Gasteiger partial charge on any atom is 0.340 e. The molecule has 2 aromatic carbocycles. The molecule has 3 aromatic rings. The lowest BCUT2D eigenvalue weighted by Crippen LogP contribution is -2.09. The van der Waals surface area contributed by atoms with Gasteiger partial charge in [0.1, 0.15) is 0 Å². The van der Waals surface area contributed by atoms with Crippen LogP contribution >= 0.6 is 0 Å². The summed E-state index contributed by atoms with van der Waals surface area (Å²) in [6.45, 7) is 3.55. The molecular formula is C20H17NO3. The molecular weight excluding hydrogens is 302 g/mol. The molecule has 0 radical (unpaired) electrons. The molecule has 0 atom stereocenters. The maximum absolute atomic E-state index is 12.3. The highest BCUT2D eigenvalue weighted by molar-refractivity contribution is 6.12. The monoisotopic (exact) mass is 319 g/mol. The summed E-state index contributed by atoms with van der Waals surface area (Å²) in [7, 11) is 0. The maximum atomic E-state index is 12.3. The Hall–Kier alpha value is -3.01. The first-order valence-electron chi connectivity index (χ1n) is 7.78. The Morgan fingerprint density at radius 2 is 1.79 bits per heavy atom. The second-order valence-corrected chi connectivity index (χ2v) is 5.39. The van der Waals surface area contributed by atoms with Crippen LogP contribution in [0.3, 0.4) is 0 Å². The van der Waals surface area contributed by atoms with Crippen molar-refractivity contribution in [3.05, 3.63) is 65.9 Å². The number of aromatic nitrogens is 1. The van der Waals surface area contributed by atoms with Crippen molar-refractivity contribution >= 4 is 22.5 Å². The number of ether oxygens (including phenoxy) is 1. The van der Waals surface area contributed by atoms with Gasteiger partial charge in [-0.15, -0.1) is 0 Å². The Balaban J connectivity index is 2.36. The van der Waals surface area contributed by atoms with Crippen molar-refractivity contribution in [2.75, 3.05) is 6.61 Å². The van der Waals surface area contributed by atoms with Crippen LogP contribution in [0.5, 0.6) is 0 Å². The Kier molecular flexibility index (Phi) is 4.38. The average Bonchev–Trinajstić information content (AvgIpc) is 2.60. The summed E-state index contributed by atoms with van der Waals surface area (Å²) in [6.07, 6.45) is 1.61. The highest BCUT2D eigenvalue weighted by Gasteiger charge is 2.20. The zero-order chi connectivity index (χ0) is 17.1. The van der Waals surface area contributed by atoms with Crippen LogP contribution in [-0.2, 0) is 4.74 Å². The van der Waals surface area contributed by atoms with Crippen LogP contribution in [0.4, 0.5) is 0 Å². The van der Waals surface area contributed by atoms with Gasteiger partial charge in [-0.1, -0.05) is 36.4 Å². The molecule has 0 aliphatic carbocycles. The summed E-state index contributed by atoms with van der Waals surface area (Å²) >= 11 is 0. The third-order valence-electron chi connectivity index (χ3n) is 3.85. The predicted octanol–water partition coefficient (Wildman–Crippen LogP) is 4.28. The summed E-state index contributed by atoms with van der Waals surface area (Å²) in [4.78, 5) is 28.8. The molecule has 0 aliphatic heterocycles. The minimum Gasteiger partial charge on any atom is -0.462 e. The van der Waals surface area contributed by atoms with Gasteiger partial charge in [-0.2, -0.15) is 0 Å². The number of rotatable bonds is 4. The minimum atomic E-state index is -0.442. The van der Waals surface area contributed by atoms with Crippen molar-refractivity contribution in [3.63, 3.8) is 0 Å². The molecule has 0 bridgehead atoms. The van der Waals surface area contributed by atoms with E-state index in [4.69, 9.17) is 4.74 Å². The van der Waals surface area contributed by atoms with Gasteiger partial charge in [0.05, 0.1) is 17.9 Å². The highest BCUT2D eigenvalue weighted by atomic mass is 16.5. The van der Waals surface area contributed by atoms with Gasteiger partial charge in [0, 0.05) is 17.3 Å². The molecule has 0 N–H and O–H groups in total. The third kappa shape index (κ3) is 2.78. The standard InChI is InChI=1S/C20H17NO3/c1-3-24-20(23)17-9-6-12-21-19(17)18-15(13(2)22)11-10-14-7-4-5-8-16(14)18/h4-12H,3H2,1-2H3. The van der Waals surface area contributed by atoms with Gasteiger partial charge in [0.15, 0.2) is 5.78 Å². The van der Waals surface area contributed by atoms with E-state index < -0.39 is 5.97 Å². The smallest absolute Gasteiger partial charge is 0.340 e. The van der Waals surface area contributed by atoms with Crippen LogP contribution in [0.25, 0.3) is 22.0 Å². The lowest BCUT2D eigenvalue weighted by molar-refractivity contribution is 0.0526. The number of pyridine rings is 1. The summed E-state index contributed by atoms with van der Waals surface area (Å²) in [5, 5.41) is 1.87. The number of carbonyl (C=O) groups is 2. The number of benzene rings is 2. The van der Waals surface area contributed by atoms with Crippen LogP contribution < -0.4 is 0 Å². The van der Waals surface area contributed by atoms with Crippen LogP contribution in [0.2, 0.25) is 0 Å². The van der Waals surface area contributed by atoms with Crippen molar-refractivity contribution in [2.24, 2.45) is 0 Å². The molecule has 0 saturated carbocycles. The van der Waals surface area contributed by atoms with E-state index in [0.717, 1.165) is 10.8 Å². The normalized spacial score (nSPS) is 10.6. The van der Waals surface area contributed by atoms with E-state index in [1.165, 1.54) is 6.92 Å². The highest BCUT2D eigenvalue weighted by Crippen LogP contribution is 2.33. The Labute approximate surface area is 140 Å². The Bertz CT molecular complexity index is 931. The van der Waals surface area contributed by atoms with Crippen molar-refractivity contribution in [1.82, 2.24) is 4.98 Å². The number of hydrogen-bond donors (Lipinski definition) is 0. The number of hydrogen-bond acceptors (Lipinski definition) is 4. The zero-order valence-corrected chi connectivity index (χ0v) is 13.6. The lowest BCUT2D eigenvalue weighted by atomic mass is 9.92. The molecule has 120 valence electrons. The first-order chi connectivity index (χ1) is 11.6. The SMILES string of the molecule is CCOC(=O)c1cccnc1-c1c(C(C)=O)ccc2ccccc12. The Morgan fingerprint density at radius 3 is 2.54 bits per heavy atom. The largest absolute Gasteiger partial charge is 0.462 e. The van der Waals surface area contributed by atoms with Gasteiger partial charge in [0.2, 0.25) is 0 Å². The van der Waals surface area contributed by atoms with Gasteiger partial charge >= 0.3 is 5.97 Å². The molecule has 4 nitrogen and oxygen atoms in total. The Morgan fingerprint density at radius 1 is 1.00 bits per heavy atom. The fourth-order valence-corrected chi connectivity index (χ4v) is 2.80. The number of esters is 1. The first-order valence-corrected chi connectivity index (χ1v) is 7.78. The van der Waals surface area contributed by atoms with Gasteiger partial charge in [0.25, 0.3) is 0 Å². The lowest BCUT2D eigenvalue weighted by Gasteiger charge is -2.14. The topological polar surface area (TPSA) is 56.3 Å². The third-order valence-corrected chi connectivity index (χ3v) is 3.85. The quantitative estimate of drug-likeness (QED) is 0.532. The number of Topliss-reactive ketones (excluding diaryl/α,β-unsaturated/α-hetero) is 1. The zero-order valence-electron chi connectivity index (χ0n) is 13.6. The molecule has 0 unspecified atom stereocenters. The van der Waals surface area contributed by atoms with Crippen molar-refractivity contribution < 1.29 is 14.3 Å². The fourth-order valence-electron chi connectivity index (χ4n) is 2.80. The molecule has 1 heterocycles. The molecule has 0 spiro atoms. The number of fused-ring (bicyclic) bond motifs is 1. The number of carbonyl (C=O) groups excluding carboxylic acids is 2. The molecule has 0 fully saturated rings.